The van der Waals surface area contributed by atoms with Crippen LogP contribution < -0.4 is 0 Å². The molecule has 2 unspecified atom stereocenters. The lowest BCUT2D eigenvalue weighted by molar-refractivity contribution is -0.129. The van der Waals surface area contributed by atoms with Crippen molar-refractivity contribution < 1.29 is 9.90 Å². The fourth-order valence-electron chi connectivity index (χ4n) is 1.90. The number of aliphatic imine (C=N–C) groups is 2. The molecule has 0 spiro atoms. The van der Waals surface area contributed by atoms with Crippen LogP contribution in [0.4, 0.5) is 0 Å². The van der Waals surface area contributed by atoms with E-state index in [0.29, 0.717) is 0 Å². The quantitative estimate of drug-likeness (QED) is 0.651. The predicted molar refractivity (Wildman–Crippen MR) is 49.6 cm³/mol. The number of hydrogen-bond donors (Lipinski definition) is 1. The Morgan fingerprint density at radius 3 is 2.77 bits per heavy atom. The van der Waals surface area contributed by atoms with Gasteiger partial charge in [0.05, 0.1) is 18.3 Å². The van der Waals surface area contributed by atoms with Crippen LogP contribution >= 0.6 is 0 Å². The van der Waals surface area contributed by atoms with Gasteiger partial charge in [0.25, 0.3) is 0 Å². The van der Waals surface area contributed by atoms with Gasteiger partial charge in [0.15, 0.2) is 5.71 Å². The van der Waals surface area contributed by atoms with Gasteiger partial charge in [0, 0.05) is 0 Å². The van der Waals surface area contributed by atoms with E-state index in [1.807, 2.05) is 0 Å². The minimum absolute atomic E-state index is 0.114. The molecule has 1 N–H and O–H groups in total. The molecule has 0 bridgehead atoms. The fraction of sp³-hybridized carbons (Fsp3) is 0.667. The average Bonchev–Trinajstić information content (AvgIpc) is 2.17. The molecule has 2 aliphatic rings. The van der Waals surface area contributed by atoms with Gasteiger partial charge in [0.1, 0.15) is 0 Å². The van der Waals surface area contributed by atoms with Crippen molar-refractivity contribution in [1.82, 2.24) is 0 Å². The second kappa shape index (κ2) is 3.28. The molecule has 1 aliphatic heterocycles. The molecule has 0 aromatic heterocycles. The second-order valence-corrected chi connectivity index (χ2v) is 3.52. The molecule has 1 fully saturated rings. The SMILES string of the molecule is O=C(O)C1=NC2CCCCC2N=C1. The monoisotopic (exact) mass is 180 g/mol. The fourth-order valence-corrected chi connectivity index (χ4v) is 1.90. The van der Waals surface area contributed by atoms with Crippen molar-refractivity contribution in [2.24, 2.45) is 9.98 Å². The largest absolute Gasteiger partial charge is 0.476 e. The van der Waals surface area contributed by atoms with Gasteiger partial charge in [-0.1, -0.05) is 12.8 Å². The third-order valence-corrected chi connectivity index (χ3v) is 2.61. The topological polar surface area (TPSA) is 62.0 Å². The van der Waals surface area contributed by atoms with E-state index in [-0.39, 0.29) is 17.8 Å². The highest BCUT2D eigenvalue weighted by molar-refractivity contribution is 6.59. The molecule has 4 heteroatoms. The molecule has 2 atom stereocenters. The first-order valence-electron chi connectivity index (χ1n) is 4.61. The van der Waals surface area contributed by atoms with Gasteiger partial charge < -0.3 is 5.11 Å². The molecule has 1 saturated carbocycles. The van der Waals surface area contributed by atoms with Crippen molar-refractivity contribution in [1.29, 1.82) is 0 Å². The molecule has 1 aliphatic carbocycles. The summed E-state index contributed by atoms with van der Waals surface area (Å²) in [5, 5.41) is 8.71. The van der Waals surface area contributed by atoms with Crippen LogP contribution in [0.1, 0.15) is 25.7 Å². The summed E-state index contributed by atoms with van der Waals surface area (Å²) in [6, 6.07) is 0.377. The lowest BCUT2D eigenvalue weighted by Gasteiger charge is -2.27. The van der Waals surface area contributed by atoms with Gasteiger partial charge in [-0.15, -0.1) is 0 Å². The van der Waals surface area contributed by atoms with Crippen molar-refractivity contribution in [2.45, 2.75) is 37.8 Å². The van der Waals surface area contributed by atoms with Gasteiger partial charge >= 0.3 is 5.97 Å². The first-order chi connectivity index (χ1) is 6.27. The van der Waals surface area contributed by atoms with Gasteiger partial charge in [-0.3, -0.25) is 9.98 Å². The molecule has 0 radical (unpaired) electrons. The van der Waals surface area contributed by atoms with Crippen LogP contribution in [0.25, 0.3) is 0 Å². The summed E-state index contributed by atoms with van der Waals surface area (Å²) < 4.78 is 0. The number of aliphatic carboxylic acids is 1. The molecule has 0 aromatic rings. The minimum Gasteiger partial charge on any atom is -0.476 e. The number of carbonyl (C=O) groups is 1. The van der Waals surface area contributed by atoms with Gasteiger partial charge in [0.2, 0.25) is 0 Å². The molecule has 1 heterocycles. The van der Waals surface area contributed by atoms with Crippen LogP contribution in [0.5, 0.6) is 0 Å². The number of rotatable bonds is 1. The zero-order valence-corrected chi connectivity index (χ0v) is 7.31. The maximum Gasteiger partial charge on any atom is 0.355 e. The molecule has 4 nitrogen and oxygen atoms in total. The van der Waals surface area contributed by atoms with Crippen LogP contribution in [-0.4, -0.2) is 35.1 Å². The number of hydrogen-bond acceptors (Lipinski definition) is 3. The van der Waals surface area contributed by atoms with Crippen molar-refractivity contribution >= 4 is 17.9 Å². The van der Waals surface area contributed by atoms with Gasteiger partial charge in [-0.25, -0.2) is 4.79 Å². The zero-order chi connectivity index (χ0) is 9.26. The lowest BCUT2D eigenvalue weighted by Crippen LogP contribution is -2.34. The van der Waals surface area contributed by atoms with E-state index in [1.54, 1.807) is 0 Å². The highest BCUT2D eigenvalue weighted by Gasteiger charge is 2.27. The summed E-state index contributed by atoms with van der Waals surface area (Å²) in [6.45, 7) is 0. The normalized spacial score (nSPS) is 32.2. The number of carboxylic acid groups (broad SMARTS) is 1. The van der Waals surface area contributed by atoms with Crippen LogP contribution in [0.2, 0.25) is 0 Å². The van der Waals surface area contributed by atoms with Crippen molar-refractivity contribution in [3.8, 4) is 0 Å². The van der Waals surface area contributed by atoms with Gasteiger partial charge in [-0.05, 0) is 12.8 Å². The Morgan fingerprint density at radius 1 is 1.38 bits per heavy atom. The molecule has 0 amide bonds. The van der Waals surface area contributed by atoms with E-state index in [0.717, 1.165) is 19.3 Å². The Morgan fingerprint density at radius 2 is 2.08 bits per heavy atom. The van der Waals surface area contributed by atoms with Crippen LogP contribution in [0.15, 0.2) is 9.98 Å². The van der Waals surface area contributed by atoms with E-state index in [9.17, 15) is 4.79 Å². The molecule has 70 valence electrons. The molecular weight excluding hydrogens is 168 g/mol. The Hall–Kier alpha value is -1.19. The summed E-state index contributed by atoms with van der Waals surface area (Å²) in [4.78, 5) is 19.0. The summed E-state index contributed by atoms with van der Waals surface area (Å²) in [6.07, 6.45) is 5.77. The maximum absolute atomic E-state index is 10.6. The molecule has 0 aromatic carbocycles. The molecule has 2 rings (SSSR count). The number of fused-ring (bicyclic) bond motifs is 1. The van der Waals surface area contributed by atoms with Crippen molar-refractivity contribution in [2.75, 3.05) is 0 Å². The minimum atomic E-state index is -0.965. The van der Waals surface area contributed by atoms with Crippen LogP contribution in [0.3, 0.4) is 0 Å². The van der Waals surface area contributed by atoms with Crippen LogP contribution in [-0.2, 0) is 4.79 Å². The standard InChI is InChI=1S/C9H12N2O2/c12-9(13)8-5-10-6-3-1-2-4-7(6)11-8/h5-7H,1-4H2,(H,12,13). The second-order valence-electron chi connectivity index (χ2n) is 3.52. The average molecular weight is 180 g/mol. The number of nitrogens with zero attached hydrogens (tertiary/aromatic N) is 2. The molecule has 13 heavy (non-hydrogen) atoms. The smallest absolute Gasteiger partial charge is 0.355 e. The summed E-state index contributed by atoms with van der Waals surface area (Å²) >= 11 is 0. The van der Waals surface area contributed by atoms with E-state index >= 15 is 0 Å². The highest BCUT2D eigenvalue weighted by atomic mass is 16.4. The predicted octanol–water partition coefficient (Wildman–Crippen LogP) is 0.908. The maximum atomic E-state index is 10.6. The Balaban J connectivity index is 2.16. The zero-order valence-electron chi connectivity index (χ0n) is 7.31. The highest BCUT2D eigenvalue weighted by Crippen LogP contribution is 2.25. The first-order valence-corrected chi connectivity index (χ1v) is 4.61. The Bertz CT molecular complexity index is 283. The Labute approximate surface area is 76.4 Å². The first kappa shape index (κ1) is 8.41. The third-order valence-electron chi connectivity index (χ3n) is 2.61. The van der Waals surface area contributed by atoms with E-state index < -0.39 is 5.97 Å². The molecular formula is C9H12N2O2. The van der Waals surface area contributed by atoms with E-state index in [4.69, 9.17) is 5.11 Å². The van der Waals surface area contributed by atoms with Crippen LogP contribution in [0, 0.1) is 0 Å². The van der Waals surface area contributed by atoms with E-state index in [2.05, 4.69) is 9.98 Å². The lowest BCUT2D eigenvalue weighted by atomic mass is 9.90. The van der Waals surface area contributed by atoms with Gasteiger partial charge in [-0.2, -0.15) is 0 Å². The molecule has 0 saturated heterocycles. The number of carboxylic acids is 1. The van der Waals surface area contributed by atoms with E-state index in [1.165, 1.54) is 12.6 Å². The third kappa shape index (κ3) is 1.61. The summed E-state index contributed by atoms with van der Waals surface area (Å²) in [7, 11) is 0. The van der Waals surface area contributed by atoms with Crippen molar-refractivity contribution in [3.05, 3.63) is 0 Å². The Kier molecular flexibility index (Phi) is 2.12. The summed E-state index contributed by atoms with van der Waals surface area (Å²) in [5.74, 6) is -0.965. The summed E-state index contributed by atoms with van der Waals surface area (Å²) in [5.41, 5.74) is 0.114. The van der Waals surface area contributed by atoms with Crippen molar-refractivity contribution in [3.63, 3.8) is 0 Å².